The number of hydrogen-bond acceptors (Lipinski definition) is 5. The number of fused-ring (bicyclic) bond motifs is 4. The van der Waals surface area contributed by atoms with E-state index >= 15 is 0 Å². The third kappa shape index (κ3) is 5.61. The van der Waals surface area contributed by atoms with E-state index in [9.17, 15) is 9.59 Å². The number of carbonyl (C=O) groups excluding carboxylic acids is 2. The van der Waals surface area contributed by atoms with Crippen LogP contribution in [0.4, 0.5) is 0 Å². The Balaban J connectivity index is 1.80. The average molecular weight is 573 g/mol. The minimum absolute atomic E-state index is 0.100. The standard InChI is InChI=1S/C36H60O5/c1-22(2)14-13-15-23(3)25-16-19-35(11)31-27(40-41-32(5,6)7)20-28-33(8,9)29(39-24(4)37)17-18-34(28,10)30(31)26(38)21-36(25,35)12/h22-23,25,27-29H,13-21H2,1-12H3/t23-,25-,27+,28+,29+,34+,35+,36-/m1/s1. The van der Waals surface area contributed by atoms with E-state index in [-0.39, 0.29) is 45.8 Å². The summed E-state index contributed by atoms with van der Waals surface area (Å²) < 4.78 is 5.89. The predicted molar refractivity (Wildman–Crippen MR) is 164 cm³/mol. The van der Waals surface area contributed by atoms with E-state index in [1.165, 1.54) is 31.8 Å². The monoisotopic (exact) mass is 572 g/mol. The molecule has 4 rings (SSSR count). The summed E-state index contributed by atoms with van der Waals surface area (Å²) in [7, 11) is 0. The molecular weight excluding hydrogens is 512 g/mol. The first-order chi connectivity index (χ1) is 18.8. The van der Waals surface area contributed by atoms with Crippen LogP contribution in [0, 0.1) is 45.3 Å². The number of ether oxygens (including phenoxy) is 1. The maximum atomic E-state index is 14.6. The number of allylic oxidation sites excluding steroid dienone is 1. The molecule has 0 aliphatic heterocycles. The molecule has 0 aromatic carbocycles. The van der Waals surface area contributed by atoms with Crippen molar-refractivity contribution in [3.05, 3.63) is 11.1 Å². The van der Waals surface area contributed by atoms with Gasteiger partial charge in [0.1, 0.15) is 12.2 Å². The first-order valence-electron chi connectivity index (χ1n) is 16.6. The highest BCUT2D eigenvalue weighted by Crippen LogP contribution is 2.72. The molecule has 0 aromatic heterocycles. The van der Waals surface area contributed by atoms with Crippen LogP contribution >= 0.6 is 0 Å². The van der Waals surface area contributed by atoms with Crippen LogP contribution in [0.15, 0.2) is 11.1 Å². The first-order valence-corrected chi connectivity index (χ1v) is 16.6. The Hall–Kier alpha value is -1.20. The molecule has 0 spiro atoms. The highest BCUT2D eigenvalue weighted by atomic mass is 17.2. The molecule has 0 aromatic rings. The average Bonchev–Trinajstić information content (AvgIpc) is 3.09. The molecule has 0 unspecified atom stereocenters. The largest absolute Gasteiger partial charge is 0.462 e. The maximum absolute atomic E-state index is 14.6. The Morgan fingerprint density at radius 2 is 1.66 bits per heavy atom. The lowest BCUT2D eigenvalue weighted by Gasteiger charge is -2.62. The van der Waals surface area contributed by atoms with Gasteiger partial charge in [-0.3, -0.25) is 9.59 Å². The molecule has 0 heterocycles. The number of rotatable bonds is 8. The molecule has 41 heavy (non-hydrogen) atoms. The lowest BCUT2D eigenvalue weighted by molar-refractivity contribution is -0.374. The van der Waals surface area contributed by atoms with Crippen LogP contribution in [0.3, 0.4) is 0 Å². The molecule has 0 saturated heterocycles. The molecule has 0 N–H and O–H groups in total. The number of esters is 1. The zero-order valence-electron chi connectivity index (χ0n) is 28.4. The van der Waals surface area contributed by atoms with Crippen LogP contribution in [-0.4, -0.2) is 29.6 Å². The van der Waals surface area contributed by atoms with Crippen LogP contribution in [-0.2, 0) is 24.1 Å². The van der Waals surface area contributed by atoms with Gasteiger partial charge in [-0.05, 0) is 98.4 Å². The van der Waals surface area contributed by atoms with Crippen LogP contribution in [0.25, 0.3) is 0 Å². The van der Waals surface area contributed by atoms with E-state index in [1.807, 2.05) is 20.8 Å². The van der Waals surface area contributed by atoms with Gasteiger partial charge in [-0.15, -0.1) is 0 Å². The molecule has 234 valence electrons. The van der Waals surface area contributed by atoms with E-state index in [1.54, 1.807) is 0 Å². The van der Waals surface area contributed by atoms with Gasteiger partial charge in [0.05, 0.1) is 5.60 Å². The van der Waals surface area contributed by atoms with Crippen molar-refractivity contribution in [2.24, 2.45) is 45.3 Å². The van der Waals surface area contributed by atoms with Crippen LogP contribution < -0.4 is 0 Å². The number of Topliss-reactive ketones (excluding diaryl/α,β-unsaturated/α-hetero) is 1. The van der Waals surface area contributed by atoms with Crippen molar-refractivity contribution in [3.8, 4) is 0 Å². The number of ketones is 1. The van der Waals surface area contributed by atoms with Gasteiger partial charge in [0.2, 0.25) is 0 Å². The van der Waals surface area contributed by atoms with Gasteiger partial charge >= 0.3 is 5.97 Å². The number of carbonyl (C=O) groups is 2. The third-order valence-corrected chi connectivity index (χ3v) is 12.3. The van der Waals surface area contributed by atoms with Gasteiger partial charge in [-0.1, -0.05) is 74.7 Å². The topological polar surface area (TPSA) is 61.8 Å². The fourth-order valence-electron chi connectivity index (χ4n) is 10.1. The van der Waals surface area contributed by atoms with E-state index in [0.717, 1.165) is 43.6 Å². The lowest BCUT2D eigenvalue weighted by atomic mass is 9.42. The molecule has 5 nitrogen and oxygen atoms in total. The maximum Gasteiger partial charge on any atom is 0.302 e. The molecule has 0 bridgehead atoms. The lowest BCUT2D eigenvalue weighted by Crippen LogP contribution is -2.60. The molecule has 8 atom stereocenters. The third-order valence-electron chi connectivity index (χ3n) is 12.3. The molecule has 4 aliphatic carbocycles. The van der Waals surface area contributed by atoms with Crippen molar-refractivity contribution >= 4 is 11.8 Å². The summed E-state index contributed by atoms with van der Waals surface area (Å²) in [6.45, 7) is 26.2. The Morgan fingerprint density at radius 1 is 1.00 bits per heavy atom. The van der Waals surface area contributed by atoms with Crippen LogP contribution in [0.5, 0.6) is 0 Å². The number of hydrogen-bond donors (Lipinski definition) is 0. The quantitative estimate of drug-likeness (QED) is 0.165. The Bertz CT molecular complexity index is 1050. The summed E-state index contributed by atoms with van der Waals surface area (Å²) in [5.41, 5.74) is 0.999. The fourth-order valence-corrected chi connectivity index (χ4v) is 10.1. The first kappa shape index (κ1) is 32.7. The Labute approximate surface area is 250 Å². The fraction of sp³-hybridized carbons (Fsp3) is 0.889. The SMILES string of the molecule is CC(=O)O[C@H]1CC[C@]2(C)C3=C([C@@H](OOC(C)(C)C)C[C@H]2C1(C)C)[C@]1(C)CC[C@H]([C@H](C)CCCC(C)C)[C@@]1(C)CC3=O. The Kier molecular flexibility index (Phi) is 8.82. The van der Waals surface area contributed by atoms with Crippen molar-refractivity contribution < 1.29 is 24.1 Å². The summed E-state index contributed by atoms with van der Waals surface area (Å²) in [6.07, 6.45) is 8.54. The zero-order chi connectivity index (χ0) is 30.8. The smallest absolute Gasteiger partial charge is 0.302 e. The molecule has 2 saturated carbocycles. The Morgan fingerprint density at radius 3 is 2.24 bits per heavy atom. The molecule has 0 radical (unpaired) electrons. The second-order valence-corrected chi connectivity index (χ2v) is 17.0. The highest BCUT2D eigenvalue weighted by molar-refractivity contribution is 6.00. The molecular formula is C36H60O5. The van der Waals surface area contributed by atoms with Gasteiger partial charge < -0.3 is 4.74 Å². The van der Waals surface area contributed by atoms with E-state index < -0.39 is 5.60 Å². The van der Waals surface area contributed by atoms with Gasteiger partial charge in [0.15, 0.2) is 5.78 Å². The molecule has 2 fully saturated rings. The van der Waals surface area contributed by atoms with Crippen molar-refractivity contribution in [2.75, 3.05) is 0 Å². The van der Waals surface area contributed by atoms with Gasteiger partial charge in [-0.25, -0.2) is 9.78 Å². The minimum atomic E-state index is -0.462. The molecule has 5 heteroatoms. The van der Waals surface area contributed by atoms with Crippen molar-refractivity contribution in [3.63, 3.8) is 0 Å². The molecule has 0 amide bonds. The second kappa shape index (κ2) is 11.1. The van der Waals surface area contributed by atoms with Crippen LogP contribution in [0.1, 0.15) is 141 Å². The predicted octanol–water partition coefficient (Wildman–Crippen LogP) is 9.03. The van der Waals surface area contributed by atoms with E-state index in [0.29, 0.717) is 24.0 Å². The van der Waals surface area contributed by atoms with Crippen molar-refractivity contribution in [2.45, 2.75) is 159 Å². The second-order valence-electron chi connectivity index (χ2n) is 17.0. The van der Waals surface area contributed by atoms with Gasteiger partial charge in [0, 0.05) is 24.3 Å². The van der Waals surface area contributed by atoms with Gasteiger partial charge in [0.25, 0.3) is 0 Å². The summed E-state index contributed by atoms with van der Waals surface area (Å²) >= 11 is 0. The summed E-state index contributed by atoms with van der Waals surface area (Å²) in [6, 6.07) is 0. The van der Waals surface area contributed by atoms with E-state index in [4.69, 9.17) is 14.5 Å². The minimum Gasteiger partial charge on any atom is -0.462 e. The van der Waals surface area contributed by atoms with Gasteiger partial charge in [-0.2, -0.15) is 0 Å². The summed E-state index contributed by atoms with van der Waals surface area (Å²) in [4.78, 5) is 39.2. The highest BCUT2D eigenvalue weighted by Gasteiger charge is 2.68. The van der Waals surface area contributed by atoms with Crippen LogP contribution in [0.2, 0.25) is 0 Å². The normalized spacial score (nSPS) is 39.3. The van der Waals surface area contributed by atoms with Crippen molar-refractivity contribution in [1.82, 2.24) is 0 Å². The summed E-state index contributed by atoms with van der Waals surface area (Å²) in [5, 5.41) is 0. The summed E-state index contributed by atoms with van der Waals surface area (Å²) in [5.74, 6) is 2.05. The zero-order valence-corrected chi connectivity index (χ0v) is 28.4. The molecule has 4 aliphatic rings. The van der Waals surface area contributed by atoms with Crippen molar-refractivity contribution in [1.29, 1.82) is 0 Å². The van der Waals surface area contributed by atoms with E-state index in [2.05, 4.69) is 55.4 Å².